The van der Waals surface area contributed by atoms with Gasteiger partial charge in [-0.1, -0.05) is 23.2 Å². The van der Waals surface area contributed by atoms with Gasteiger partial charge in [-0.2, -0.15) is 5.10 Å². The second-order valence-corrected chi connectivity index (χ2v) is 5.48. The van der Waals surface area contributed by atoms with Crippen molar-refractivity contribution in [1.29, 1.82) is 0 Å². The summed E-state index contributed by atoms with van der Waals surface area (Å²) in [7, 11) is 0. The fourth-order valence-corrected chi connectivity index (χ4v) is 2.56. The predicted octanol–water partition coefficient (Wildman–Crippen LogP) is 3.79. The molecule has 2 aromatic rings. The molecule has 1 aromatic heterocycles. The minimum Gasteiger partial charge on any atom is -0.476 e. The number of carboxylic acids is 1. The van der Waals surface area contributed by atoms with Gasteiger partial charge in [0.25, 0.3) is 0 Å². The van der Waals surface area contributed by atoms with Gasteiger partial charge in [0.15, 0.2) is 5.69 Å². The zero-order chi connectivity index (χ0) is 13.4. The molecule has 0 aliphatic rings. The van der Waals surface area contributed by atoms with E-state index in [1.165, 1.54) is 4.68 Å². The molecule has 0 spiro atoms. The number of benzene rings is 1. The Morgan fingerprint density at radius 2 is 2.11 bits per heavy atom. The Hall–Kier alpha value is -0.790. The minimum absolute atomic E-state index is 0.0131. The van der Waals surface area contributed by atoms with Gasteiger partial charge in [0.05, 0.1) is 20.0 Å². The third kappa shape index (κ3) is 2.34. The van der Waals surface area contributed by atoms with E-state index in [0.717, 1.165) is 5.69 Å². The van der Waals surface area contributed by atoms with Gasteiger partial charge in [-0.15, -0.1) is 0 Å². The number of halogens is 3. The van der Waals surface area contributed by atoms with Crippen LogP contribution in [0.5, 0.6) is 0 Å². The number of rotatable bonds is 2. The molecular weight excluding hydrogens is 390 g/mol. The highest BCUT2D eigenvalue weighted by atomic mass is 127. The first-order valence-electron chi connectivity index (χ1n) is 4.85. The van der Waals surface area contributed by atoms with Gasteiger partial charge >= 0.3 is 5.97 Å². The van der Waals surface area contributed by atoms with Gasteiger partial charge in [-0.05, 0) is 47.7 Å². The van der Waals surface area contributed by atoms with Crippen LogP contribution in [0.3, 0.4) is 0 Å². The molecule has 18 heavy (non-hydrogen) atoms. The van der Waals surface area contributed by atoms with Crippen molar-refractivity contribution in [3.63, 3.8) is 0 Å². The monoisotopic (exact) mass is 396 g/mol. The fourth-order valence-electron chi connectivity index (χ4n) is 1.51. The standard InChI is InChI=1S/C11H7Cl2IN2O2/c1-5-9(14)10(11(17)18)15-16(5)8-3-2-6(12)4-7(8)13/h2-4H,1H3,(H,17,18). The molecule has 0 bridgehead atoms. The van der Waals surface area contributed by atoms with Crippen LogP contribution in [0.2, 0.25) is 10.0 Å². The molecule has 0 saturated carbocycles. The summed E-state index contributed by atoms with van der Waals surface area (Å²) in [5.41, 5.74) is 1.33. The first-order valence-corrected chi connectivity index (χ1v) is 6.69. The lowest BCUT2D eigenvalue weighted by Gasteiger charge is -2.06. The Kier molecular flexibility index (Phi) is 3.84. The average Bonchev–Trinajstić information content (AvgIpc) is 2.57. The quantitative estimate of drug-likeness (QED) is 0.785. The molecule has 1 N–H and O–H groups in total. The molecule has 0 radical (unpaired) electrons. The third-order valence-corrected chi connectivity index (χ3v) is 4.21. The summed E-state index contributed by atoms with van der Waals surface area (Å²) in [6.07, 6.45) is 0. The van der Waals surface area contributed by atoms with Crippen LogP contribution in [0.15, 0.2) is 18.2 Å². The third-order valence-electron chi connectivity index (χ3n) is 2.38. The van der Waals surface area contributed by atoms with E-state index < -0.39 is 5.97 Å². The van der Waals surface area contributed by atoms with Crippen molar-refractivity contribution >= 4 is 51.8 Å². The number of nitrogens with zero attached hydrogens (tertiary/aromatic N) is 2. The maximum atomic E-state index is 11.0. The van der Waals surface area contributed by atoms with Gasteiger partial charge in [0.1, 0.15) is 0 Å². The van der Waals surface area contributed by atoms with Crippen LogP contribution >= 0.6 is 45.8 Å². The van der Waals surface area contributed by atoms with E-state index in [-0.39, 0.29) is 5.69 Å². The van der Waals surface area contributed by atoms with Crippen molar-refractivity contribution < 1.29 is 9.90 Å². The van der Waals surface area contributed by atoms with Gasteiger partial charge in [0.2, 0.25) is 0 Å². The number of aromatic carboxylic acids is 1. The first-order chi connectivity index (χ1) is 8.41. The molecule has 0 atom stereocenters. The zero-order valence-corrected chi connectivity index (χ0v) is 12.8. The van der Waals surface area contributed by atoms with Crippen LogP contribution in [0.25, 0.3) is 5.69 Å². The van der Waals surface area contributed by atoms with E-state index in [1.54, 1.807) is 25.1 Å². The largest absolute Gasteiger partial charge is 0.476 e. The highest BCUT2D eigenvalue weighted by Gasteiger charge is 2.19. The Bertz CT molecular complexity index is 640. The van der Waals surface area contributed by atoms with Gasteiger partial charge < -0.3 is 5.11 Å². The number of hydrogen-bond donors (Lipinski definition) is 1. The molecule has 1 heterocycles. The molecule has 1 aromatic carbocycles. The summed E-state index contributed by atoms with van der Waals surface area (Å²) < 4.78 is 2.09. The summed E-state index contributed by atoms with van der Waals surface area (Å²) >= 11 is 13.9. The smallest absolute Gasteiger partial charge is 0.357 e. The van der Waals surface area contributed by atoms with Crippen molar-refractivity contribution in [1.82, 2.24) is 9.78 Å². The van der Waals surface area contributed by atoms with E-state index in [0.29, 0.717) is 19.3 Å². The van der Waals surface area contributed by atoms with Crippen molar-refractivity contribution in [3.8, 4) is 5.69 Å². The summed E-state index contributed by atoms with van der Waals surface area (Å²) in [6.45, 7) is 1.78. The summed E-state index contributed by atoms with van der Waals surface area (Å²) in [5.74, 6) is -1.06. The second-order valence-electron chi connectivity index (χ2n) is 3.56. The Balaban J connectivity index is 2.64. The Labute approximate surface area is 127 Å². The lowest BCUT2D eigenvalue weighted by Crippen LogP contribution is -2.02. The van der Waals surface area contributed by atoms with Crippen LogP contribution < -0.4 is 0 Å². The number of hydrogen-bond acceptors (Lipinski definition) is 2. The molecule has 0 amide bonds. The summed E-state index contributed by atoms with van der Waals surface area (Å²) in [4.78, 5) is 11.0. The first kappa shape index (κ1) is 13.6. The van der Waals surface area contributed by atoms with Crippen LogP contribution in [0.4, 0.5) is 0 Å². The maximum absolute atomic E-state index is 11.0. The fraction of sp³-hybridized carbons (Fsp3) is 0.0909. The second kappa shape index (κ2) is 5.07. The van der Waals surface area contributed by atoms with Gasteiger partial charge in [0, 0.05) is 5.02 Å². The topological polar surface area (TPSA) is 55.1 Å². The average molecular weight is 397 g/mol. The molecule has 0 aliphatic heterocycles. The summed E-state index contributed by atoms with van der Waals surface area (Å²) in [6, 6.07) is 4.97. The lowest BCUT2D eigenvalue weighted by atomic mass is 10.3. The molecule has 0 unspecified atom stereocenters. The van der Waals surface area contributed by atoms with Crippen molar-refractivity contribution in [2.24, 2.45) is 0 Å². The van der Waals surface area contributed by atoms with E-state index in [9.17, 15) is 4.79 Å². The van der Waals surface area contributed by atoms with E-state index in [4.69, 9.17) is 28.3 Å². The SMILES string of the molecule is Cc1c(I)c(C(=O)O)nn1-c1ccc(Cl)cc1Cl. The predicted molar refractivity (Wildman–Crippen MR) is 78.0 cm³/mol. The highest BCUT2D eigenvalue weighted by Crippen LogP contribution is 2.27. The van der Waals surface area contributed by atoms with Crippen LogP contribution in [-0.2, 0) is 0 Å². The van der Waals surface area contributed by atoms with Crippen molar-refractivity contribution in [2.75, 3.05) is 0 Å². The summed E-state index contributed by atoms with van der Waals surface area (Å²) in [5, 5.41) is 14.0. The lowest BCUT2D eigenvalue weighted by molar-refractivity contribution is 0.0689. The maximum Gasteiger partial charge on any atom is 0.357 e. The molecule has 7 heteroatoms. The Morgan fingerprint density at radius 3 is 2.61 bits per heavy atom. The van der Waals surface area contributed by atoms with Gasteiger partial charge in [-0.3, -0.25) is 0 Å². The molecule has 94 valence electrons. The van der Waals surface area contributed by atoms with Crippen molar-refractivity contribution in [2.45, 2.75) is 6.92 Å². The zero-order valence-electron chi connectivity index (χ0n) is 9.12. The molecular formula is C11H7Cl2IN2O2. The van der Waals surface area contributed by atoms with Gasteiger partial charge in [-0.25, -0.2) is 9.48 Å². The van der Waals surface area contributed by atoms with Crippen LogP contribution in [0.1, 0.15) is 16.2 Å². The Morgan fingerprint density at radius 1 is 1.44 bits per heavy atom. The molecule has 0 aliphatic carbocycles. The van der Waals surface area contributed by atoms with Crippen molar-refractivity contribution in [3.05, 3.63) is 43.2 Å². The van der Waals surface area contributed by atoms with Crippen LogP contribution in [0, 0.1) is 10.5 Å². The van der Waals surface area contributed by atoms with E-state index in [1.807, 2.05) is 22.6 Å². The number of carbonyl (C=O) groups is 1. The van der Waals surface area contributed by atoms with E-state index >= 15 is 0 Å². The molecule has 2 rings (SSSR count). The molecule has 4 nitrogen and oxygen atoms in total. The normalized spacial score (nSPS) is 10.7. The van der Waals surface area contributed by atoms with Crippen LogP contribution in [-0.4, -0.2) is 20.9 Å². The van der Waals surface area contributed by atoms with E-state index in [2.05, 4.69) is 5.10 Å². The minimum atomic E-state index is -1.06. The number of aromatic nitrogens is 2. The molecule has 0 fully saturated rings. The highest BCUT2D eigenvalue weighted by molar-refractivity contribution is 14.1. The molecule has 0 saturated heterocycles. The number of carboxylic acid groups (broad SMARTS) is 1.